The summed E-state index contributed by atoms with van der Waals surface area (Å²) < 4.78 is 0. The van der Waals surface area contributed by atoms with Crippen LogP contribution in [0.2, 0.25) is 0 Å². The van der Waals surface area contributed by atoms with E-state index < -0.39 is 0 Å². The molecule has 2 rings (SSSR count). The molecule has 0 saturated heterocycles. The van der Waals surface area contributed by atoms with Gasteiger partial charge in [0, 0.05) is 6.61 Å². The Balaban J connectivity index is 2.05. The molecule has 0 aromatic carbocycles. The predicted molar refractivity (Wildman–Crippen MR) is 45.2 cm³/mol. The first-order chi connectivity index (χ1) is 5.42. The Bertz CT molecular complexity index is 162. The number of aliphatic hydroxyl groups excluding tert-OH is 1. The van der Waals surface area contributed by atoms with Gasteiger partial charge in [-0.1, -0.05) is 18.6 Å². The van der Waals surface area contributed by atoms with E-state index in [1.165, 1.54) is 25.7 Å². The fourth-order valence-corrected chi connectivity index (χ4v) is 2.62. The lowest BCUT2D eigenvalue weighted by atomic mass is 9.74. The zero-order valence-corrected chi connectivity index (χ0v) is 6.87. The Kier molecular flexibility index (Phi) is 1.99. The van der Waals surface area contributed by atoms with E-state index in [0.29, 0.717) is 18.4 Å². The van der Waals surface area contributed by atoms with E-state index in [2.05, 4.69) is 12.2 Å². The summed E-state index contributed by atoms with van der Waals surface area (Å²) in [5, 5.41) is 9.10. The highest BCUT2D eigenvalue weighted by atomic mass is 16.3. The van der Waals surface area contributed by atoms with Crippen molar-refractivity contribution in [3.63, 3.8) is 0 Å². The summed E-state index contributed by atoms with van der Waals surface area (Å²) in [7, 11) is 0. The molecule has 1 N–H and O–H groups in total. The van der Waals surface area contributed by atoms with Crippen LogP contribution in [0, 0.1) is 17.8 Å². The third-order valence-electron chi connectivity index (χ3n) is 3.27. The molecule has 1 heteroatoms. The SMILES string of the molecule is OCC1CCCC2CC=CC12. The molecule has 62 valence electrons. The van der Waals surface area contributed by atoms with Crippen LogP contribution in [0.3, 0.4) is 0 Å². The van der Waals surface area contributed by atoms with Gasteiger partial charge in [0.2, 0.25) is 0 Å². The molecular weight excluding hydrogens is 136 g/mol. The molecule has 1 nitrogen and oxygen atoms in total. The van der Waals surface area contributed by atoms with E-state index in [4.69, 9.17) is 5.11 Å². The van der Waals surface area contributed by atoms with Crippen LogP contribution in [0.5, 0.6) is 0 Å². The van der Waals surface area contributed by atoms with Gasteiger partial charge in [-0.25, -0.2) is 0 Å². The molecule has 0 aromatic rings. The number of allylic oxidation sites excluding steroid dienone is 2. The molecule has 0 amide bonds. The zero-order valence-electron chi connectivity index (χ0n) is 6.87. The van der Waals surface area contributed by atoms with Gasteiger partial charge in [-0.3, -0.25) is 0 Å². The van der Waals surface area contributed by atoms with Gasteiger partial charge in [-0.15, -0.1) is 0 Å². The second-order valence-corrected chi connectivity index (χ2v) is 3.87. The molecular formula is C10H16O. The molecule has 0 heterocycles. The molecule has 1 fully saturated rings. The standard InChI is InChI=1S/C10H16O/c11-7-9-5-1-3-8-4-2-6-10(8)9/h2,6,8-11H,1,3-5,7H2. The molecule has 3 atom stereocenters. The summed E-state index contributed by atoms with van der Waals surface area (Å²) in [4.78, 5) is 0. The molecule has 3 unspecified atom stereocenters. The minimum Gasteiger partial charge on any atom is -0.396 e. The van der Waals surface area contributed by atoms with Crippen molar-refractivity contribution in [3.8, 4) is 0 Å². The van der Waals surface area contributed by atoms with Crippen LogP contribution in [0.1, 0.15) is 25.7 Å². The summed E-state index contributed by atoms with van der Waals surface area (Å²) in [6.07, 6.45) is 9.83. The van der Waals surface area contributed by atoms with Gasteiger partial charge in [-0.05, 0) is 37.0 Å². The van der Waals surface area contributed by atoms with Crippen molar-refractivity contribution < 1.29 is 5.11 Å². The molecule has 0 aliphatic heterocycles. The maximum Gasteiger partial charge on any atom is 0.0465 e. The lowest BCUT2D eigenvalue weighted by Crippen LogP contribution is -2.26. The molecule has 2 aliphatic carbocycles. The minimum atomic E-state index is 0.394. The van der Waals surface area contributed by atoms with Gasteiger partial charge in [-0.2, -0.15) is 0 Å². The lowest BCUT2D eigenvalue weighted by molar-refractivity contribution is 0.125. The molecule has 0 radical (unpaired) electrons. The van der Waals surface area contributed by atoms with Crippen molar-refractivity contribution in [1.29, 1.82) is 0 Å². The van der Waals surface area contributed by atoms with Gasteiger partial charge in [0.1, 0.15) is 0 Å². The van der Waals surface area contributed by atoms with Crippen molar-refractivity contribution in [2.45, 2.75) is 25.7 Å². The number of rotatable bonds is 1. The first kappa shape index (κ1) is 7.35. The predicted octanol–water partition coefficient (Wildman–Crippen LogP) is 1.97. The van der Waals surface area contributed by atoms with Crippen LogP contribution in [0.15, 0.2) is 12.2 Å². The Hall–Kier alpha value is -0.300. The molecule has 2 aliphatic rings. The number of aliphatic hydroxyl groups is 1. The first-order valence-electron chi connectivity index (χ1n) is 4.69. The maximum atomic E-state index is 9.10. The van der Waals surface area contributed by atoms with Gasteiger partial charge in [0.15, 0.2) is 0 Å². The normalized spacial score (nSPS) is 42.5. The van der Waals surface area contributed by atoms with E-state index in [1.54, 1.807) is 0 Å². The fourth-order valence-electron chi connectivity index (χ4n) is 2.62. The van der Waals surface area contributed by atoms with Crippen molar-refractivity contribution in [2.24, 2.45) is 17.8 Å². The Labute approximate surface area is 68.1 Å². The molecule has 0 spiro atoms. The summed E-state index contributed by atoms with van der Waals surface area (Å²) in [6, 6.07) is 0. The second kappa shape index (κ2) is 2.98. The summed E-state index contributed by atoms with van der Waals surface area (Å²) >= 11 is 0. The van der Waals surface area contributed by atoms with E-state index >= 15 is 0 Å². The van der Waals surface area contributed by atoms with E-state index in [0.717, 1.165) is 5.92 Å². The summed E-state index contributed by atoms with van der Waals surface area (Å²) in [5.41, 5.74) is 0. The van der Waals surface area contributed by atoms with Crippen molar-refractivity contribution >= 4 is 0 Å². The highest BCUT2D eigenvalue weighted by Gasteiger charge is 2.32. The topological polar surface area (TPSA) is 20.2 Å². The molecule has 1 saturated carbocycles. The Morgan fingerprint density at radius 1 is 1.36 bits per heavy atom. The van der Waals surface area contributed by atoms with E-state index in [1.807, 2.05) is 0 Å². The van der Waals surface area contributed by atoms with Crippen molar-refractivity contribution in [2.75, 3.05) is 6.61 Å². The van der Waals surface area contributed by atoms with Gasteiger partial charge in [0.25, 0.3) is 0 Å². The van der Waals surface area contributed by atoms with E-state index in [-0.39, 0.29) is 0 Å². The Morgan fingerprint density at radius 3 is 3.09 bits per heavy atom. The highest BCUT2D eigenvalue weighted by molar-refractivity contribution is 5.04. The molecule has 0 bridgehead atoms. The van der Waals surface area contributed by atoms with E-state index in [9.17, 15) is 0 Å². The van der Waals surface area contributed by atoms with Crippen LogP contribution in [-0.2, 0) is 0 Å². The van der Waals surface area contributed by atoms with Gasteiger partial charge in [0.05, 0.1) is 0 Å². The summed E-state index contributed by atoms with van der Waals surface area (Å²) in [6.45, 7) is 0.394. The monoisotopic (exact) mass is 152 g/mol. The van der Waals surface area contributed by atoms with Gasteiger partial charge < -0.3 is 5.11 Å². The molecule has 11 heavy (non-hydrogen) atoms. The zero-order chi connectivity index (χ0) is 7.68. The van der Waals surface area contributed by atoms with Crippen LogP contribution in [0.25, 0.3) is 0 Å². The maximum absolute atomic E-state index is 9.10. The van der Waals surface area contributed by atoms with Crippen LogP contribution < -0.4 is 0 Å². The van der Waals surface area contributed by atoms with Gasteiger partial charge >= 0.3 is 0 Å². The second-order valence-electron chi connectivity index (χ2n) is 3.87. The first-order valence-corrected chi connectivity index (χ1v) is 4.69. The van der Waals surface area contributed by atoms with Crippen molar-refractivity contribution in [1.82, 2.24) is 0 Å². The smallest absolute Gasteiger partial charge is 0.0465 e. The summed E-state index contributed by atoms with van der Waals surface area (Å²) in [5.74, 6) is 2.17. The molecule has 0 aromatic heterocycles. The van der Waals surface area contributed by atoms with Crippen LogP contribution in [-0.4, -0.2) is 11.7 Å². The largest absolute Gasteiger partial charge is 0.396 e. The third-order valence-corrected chi connectivity index (χ3v) is 3.27. The lowest BCUT2D eigenvalue weighted by Gasteiger charge is -2.32. The number of fused-ring (bicyclic) bond motifs is 1. The van der Waals surface area contributed by atoms with Crippen LogP contribution >= 0.6 is 0 Å². The average molecular weight is 152 g/mol. The average Bonchev–Trinajstić information content (AvgIpc) is 2.50. The number of hydrogen-bond donors (Lipinski definition) is 1. The minimum absolute atomic E-state index is 0.394. The third kappa shape index (κ3) is 1.22. The fraction of sp³-hybridized carbons (Fsp3) is 0.800. The van der Waals surface area contributed by atoms with Crippen LogP contribution in [0.4, 0.5) is 0 Å². The van der Waals surface area contributed by atoms with Crippen molar-refractivity contribution in [3.05, 3.63) is 12.2 Å². The number of hydrogen-bond acceptors (Lipinski definition) is 1. The Morgan fingerprint density at radius 2 is 2.27 bits per heavy atom. The highest BCUT2D eigenvalue weighted by Crippen LogP contribution is 2.41. The quantitative estimate of drug-likeness (QED) is 0.569.